The molecule has 0 saturated heterocycles. The minimum atomic E-state index is -1.90. The highest BCUT2D eigenvalue weighted by molar-refractivity contribution is 6.74. The zero-order valence-corrected chi connectivity index (χ0v) is 21.3. The highest BCUT2D eigenvalue weighted by Gasteiger charge is 2.57. The van der Waals surface area contributed by atoms with Crippen LogP contribution in [0.3, 0.4) is 0 Å². The molecule has 0 aromatic heterocycles. The summed E-state index contributed by atoms with van der Waals surface area (Å²) in [6.45, 7) is 22.5. The minimum absolute atomic E-state index is 0.0265. The van der Waals surface area contributed by atoms with Crippen LogP contribution in [0.1, 0.15) is 53.9 Å². The van der Waals surface area contributed by atoms with Crippen LogP contribution in [0.25, 0.3) is 0 Å². The summed E-state index contributed by atoms with van der Waals surface area (Å²) in [4.78, 5) is 0. The maximum Gasteiger partial charge on any atom is 0.192 e. The van der Waals surface area contributed by atoms with Gasteiger partial charge in [-0.2, -0.15) is 0 Å². The van der Waals surface area contributed by atoms with Crippen molar-refractivity contribution in [1.82, 2.24) is 0 Å². The third-order valence-electron chi connectivity index (χ3n) is 7.45. The second kappa shape index (κ2) is 7.51. The van der Waals surface area contributed by atoms with Crippen LogP contribution in [0.4, 0.5) is 0 Å². The first-order chi connectivity index (χ1) is 12.0. The van der Waals surface area contributed by atoms with Crippen molar-refractivity contribution in [2.45, 2.75) is 116 Å². The van der Waals surface area contributed by atoms with Crippen molar-refractivity contribution in [2.24, 2.45) is 17.8 Å². The van der Waals surface area contributed by atoms with Crippen LogP contribution in [-0.2, 0) is 8.85 Å². The van der Waals surface area contributed by atoms with Gasteiger partial charge in [-0.15, -0.1) is 0 Å². The van der Waals surface area contributed by atoms with E-state index in [0.29, 0.717) is 6.42 Å². The zero-order valence-electron chi connectivity index (χ0n) is 19.3. The SMILES string of the molecule is C[C@H]1[C@@H]2[C@@H](O)[C@@H](O)CC[C@@](C)(O[Si](C)(C)C)[C@@H]2C[C@@H]1O[Si](C)(C)C(C)(C)C. The van der Waals surface area contributed by atoms with Crippen molar-refractivity contribution in [3.8, 4) is 0 Å². The third kappa shape index (κ3) is 4.89. The van der Waals surface area contributed by atoms with Crippen LogP contribution >= 0.6 is 0 Å². The molecule has 0 amide bonds. The Bertz CT molecular complexity index is 525. The molecular formula is C21H44O4Si2. The predicted molar refractivity (Wildman–Crippen MR) is 117 cm³/mol. The number of aliphatic hydroxyl groups is 2. The molecule has 2 saturated carbocycles. The molecule has 160 valence electrons. The Balaban J connectivity index is 2.35. The number of hydrogen-bond donors (Lipinski definition) is 2. The molecule has 0 heterocycles. The molecule has 2 aliphatic carbocycles. The zero-order chi connectivity index (χ0) is 21.0. The lowest BCUT2D eigenvalue weighted by atomic mass is 9.77. The summed E-state index contributed by atoms with van der Waals surface area (Å²) in [5, 5.41) is 21.7. The molecule has 2 rings (SSSR count). The van der Waals surface area contributed by atoms with Gasteiger partial charge in [-0.05, 0) is 81.7 Å². The van der Waals surface area contributed by atoms with E-state index in [0.717, 1.165) is 12.8 Å². The molecule has 2 fully saturated rings. The summed E-state index contributed by atoms with van der Waals surface area (Å²) in [5.74, 6) is 0.469. The van der Waals surface area contributed by atoms with Crippen LogP contribution in [0.15, 0.2) is 0 Å². The van der Waals surface area contributed by atoms with Crippen molar-refractivity contribution in [2.75, 3.05) is 0 Å². The van der Waals surface area contributed by atoms with E-state index in [2.05, 4.69) is 67.4 Å². The molecule has 0 bridgehead atoms. The number of rotatable bonds is 4. The molecule has 2 aliphatic rings. The number of fused-ring (bicyclic) bond motifs is 1. The Morgan fingerprint density at radius 1 is 1.04 bits per heavy atom. The fraction of sp³-hybridized carbons (Fsp3) is 1.00. The van der Waals surface area contributed by atoms with Crippen LogP contribution in [-0.4, -0.2) is 50.8 Å². The second-order valence-corrected chi connectivity index (χ2v) is 21.0. The van der Waals surface area contributed by atoms with E-state index >= 15 is 0 Å². The molecule has 0 radical (unpaired) electrons. The highest BCUT2D eigenvalue weighted by atomic mass is 28.4. The first-order valence-electron chi connectivity index (χ1n) is 10.7. The summed E-state index contributed by atoms with van der Waals surface area (Å²) >= 11 is 0. The Labute approximate surface area is 169 Å². The Morgan fingerprint density at radius 2 is 1.59 bits per heavy atom. The van der Waals surface area contributed by atoms with E-state index in [1.54, 1.807) is 0 Å². The molecular weight excluding hydrogens is 372 g/mol. The quantitative estimate of drug-likeness (QED) is 0.648. The van der Waals surface area contributed by atoms with Gasteiger partial charge in [0.25, 0.3) is 0 Å². The fourth-order valence-electron chi connectivity index (χ4n) is 5.03. The number of hydrogen-bond acceptors (Lipinski definition) is 4. The Hall–Kier alpha value is 0.274. The van der Waals surface area contributed by atoms with Crippen molar-refractivity contribution in [3.63, 3.8) is 0 Å². The molecule has 7 atom stereocenters. The van der Waals surface area contributed by atoms with Gasteiger partial charge >= 0.3 is 0 Å². The minimum Gasteiger partial charge on any atom is -0.414 e. The van der Waals surface area contributed by atoms with Gasteiger partial charge in [0.05, 0.1) is 17.8 Å². The van der Waals surface area contributed by atoms with Gasteiger partial charge in [-0.3, -0.25) is 0 Å². The van der Waals surface area contributed by atoms with E-state index in [-0.39, 0.29) is 34.5 Å². The number of aliphatic hydroxyl groups excluding tert-OH is 2. The van der Waals surface area contributed by atoms with Crippen LogP contribution < -0.4 is 0 Å². The van der Waals surface area contributed by atoms with Gasteiger partial charge < -0.3 is 19.1 Å². The van der Waals surface area contributed by atoms with Gasteiger partial charge in [0.15, 0.2) is 16.6 Å². The predicted octanol–water partition coefficient (Wildman–Crippen LogP) is 4.77. The molecule has 2 N–H and O–H groups in total. The van der Waals surface area contributed by atoms with Gasteiger partial charge in [-0.1, -0.05) is 27.7 Å². The lowest BCUT2D eigenvalue weighted by Gasteiger charge is -2.42. The van der Waals surface area contributed by atoms with E-state index in [1.807, 2.05) is 0 Å². The lowest BCUT2D eigenvalue weighted by molar-refractivity contribution is -0.0525. The van der Waals surface area contributed by atoms with Crippen LogP contribution in [0, 0.1) is 17.8 Å². The fourth-order valence-corrected chi connectivity index (χ4v) is 8.10. The van der Waals surface area contributed by atoms with Gasteiger partial charge in [-0.25, -0.2) is 0 Å². The van der Waals surface area contributed by atoms with E-state index in [1.165, 1.54) is 0 Å². The first-order valence-corrected chi connectivity index (χ1v) is 17.0. The average molecular weight is 417 g/mol. The highest BCUT2D eigenvalue weighted by Crippen LogP contribution is 2.53. The molecule has 0 spiro atoms. The molecule has 0 unspecified atom stereocenters. The average Bonchev–Trinajstić information content (AvgIpc) is 2.74. The third-order valence-corrected chi connectivity index (χ3v) is 13.0. The monoisotopic (exact) mass is 416 g/mol. The summed E-state index contributed by atoms with van der Waals surface area (Å²) in [6.07, 6.45) is 1.10. The lowest BCUT2D eigenvalue weighted by Crippen LogP contribution is -2.48. The van der Waals surface area contributed by atoms with Crippen LogP contribution in [0.2, 0.25) is 37.8 Å². The van der Waals surface area contributed by atoms with Gasteiger partial charge in [0, 0.05) is 6.10 Å². The summed E-state index contributed by atoms with van der Waals surface area (Å²) in [7, 11) is -3.66. The van der Waals surface area contributed by atoms with Crippen molar-refractivity contribution < 1.29 is 19.1 Å². The molecule has 6 heteroatoms. The maximum absolute atomic E-state index is 11.0. The molecule has 27 heavy (non-hydrogen) atoms. The topological polar surface area (TPSA) is 58.9 Å². The first kappa shape index (κ1) is 23.6. The van der Waals surface area contributed by atoms with Crippen molar-refractivity contribution >= 4 is 16.6 Å². The Kier molecular flexibility index (Phi) is 6.55. The normalized spacial score (nSPS) is 41.3. The smallest absolute Gasteiger partial charge is 0.192 e. The Morgan fingerprint density at radius 3 is 2.07 bits per heavy atom. The van der Waals surface area contributed by atoms with E-state index in [4.69, 9.17) is 8.85 Å². The van der Waals surface area contributed by atoms with Gasteiger partial charge in [0.2, 0.25) is 0 Å². The second-order valence-electron chi connectivity index (χ2n) is 11.8. The summed E-state index contributed by atoms with van der Waals surface area (Å²) in [5.41, 5.74) is -0.298. The van der Waals surface area contributed by atoms with Crippen LogP contribution in [0.5, 0.6) is 0 Å². The van der Waals surface area contributed by atoms with Crippen molar-refractivity contribution in [1.29, 1.82) is 0 Å². The van der Waals surface area contributed by atoms with E-state index < -0.39 is 28.8 Å². The van der Waals surface area contributed by atoms with Crippen molar-refractivity contribution in [3.05, 3.63) is 0 Å². The standard InChI is InChI=1S/C21H44O4Si2/c1-14-17(24-27(9,10)20(2,3)4)13-15-18(14)19(23)16(22)11-12-21(15,5)25-26(6,7)8/h14-19,22-23H,11-13H2,1-10H3/t14-,15-,16+,17+,18+,19+,21-/m1/s1. The molecule has 4 nitrogen and oxygen atoms in total. The molecule has 0 aromatic rings. The molecule has 0 aliphatic heterocycles. The molecule has 0 aromatic carbocycles. The summed E-state index contributed by atoms with van der Waals surface area (Å²) in [6, 6.07) is 0. The summed E-state index contributed by atoms with van der Waals surface area (Å²) < 4.78 is 13.5. The van der Waals surface area contributed by atoms with Gasteiger partial charge in [0.1, 0.15) is 0 Å². The maximum atomic E-state index is 11.0. The largest absolute Gasteiger partial charge is 0.414 e. The van der Waals surface area contributed by atoms with E-state index in [9.17, 15) is 10.2 Å².